The van der Waals surface area contributed by atoms with Crippen molar-refractivity contribution < 1.29 is 8.42 Å². The Hall–Kier alpha value is -0.0500. The minimum atomic E-state index is -2.84. The monoisotopic (exact) mass is 441 g/mol. The number of hydrogen-bond acceptors (Lipinski definition) is 3. The first-order valence-electron chi connectivity index (χ1n) is 8.28. The van der Waals surface area contributed by atoms with Crippen LogP contribution >= 0.6 is 24.0 Å². The normalized spacial score (nSPS) is 34.8. The van der Waals surface area contributed by atoms with Gasteiger partial charge in [-0.2, -0.15) is 0 Å². The lowest BCUT2D eigenvalue weighted by Gasteiger charge is -2.22. The molecule has 0 aromatic heterocycles. The van der Waals surface area contributed by atoms with Crippen LogP contribution in [-0.4, -0.2) is 45.0 Å². The molecule has 5 nitrogen and oxygen atoms in total. The van der Waals surface area contributed by atoms with Crippen LogP contribution in [0.25, 0.3) is 0 Å². The summed E-state index contributed by atoms with van der Waals surface area (Å²) < 4.78 is 23.0. The van der Waals surface area contributed by atoms with E-state index in [1.165, 1.54) is 38.5 Å². The number of nitrogens with one attached hydrogen (secondary N) is 2. The van der Waals surface area contributed by atoms with E-state index in [0.717, 1.165) is 17.8 Å². The zero-order chi connectivity index (χ0) is 14.9. The Balaban J connectivity index is 0.00000176. The van der Waals surface area contributed by atoms with Gasteiger partial charge >= 0.3 is 0 Å². The van der Waals surface area contributed by atoms with E-state index in [1.807, 2.05) is 0 Å². The summed E-state index contributed by atoms with van der Waals surface area (Å²) in [6.07, 6.45) is 8.89. The van der Waals surface area contributed by atoms with E-state index in [-0.39, 0.29) is 35.8 Å². The summed E-state index contributed by atoms with van der Waals surface area (Å²) in [5, 5.41) is 6.76. The minimum absolute atomic E-state index is 0. The molecule has 0 bridgehead atoms. The second-order valence-corrected chi connectivity index (χ2v) is 9.09. The highest BCUT2D eigenvalue weighted by Gasteiger charge is 2.43. The first-order valence-corrected chi connectivity index (χ1v) is 10.1. The zero-order valence-electron chi connectivity index (χ0n) is 13.3. The van der Waals surface area contributed by atoms with Crippen LogP contribution in [0.1, 0.15) is 44.9 Å². The lowest BCUT2D eigenvalue weighted by molar-refractivity contribution is 0.315. The molecule has 0 amide bonds. The second-order valence-electron chi connectivity index (χ2n) is 6.86. The molecule has 1 heterocycles. The van der Waals surface area contributed by atoms with Crippen molar-refractivity contribution in [1.29, 1.82) is 0 Å². The molecule has 3 aliphatic rings. The Bertz CT molecular complexity index is 503. The molecule has 2 aliphatic carbocycles. The molecule has 0 aromatic rings. The molecule has 1 saturated heterocycles. The van der Waals surface area contributed by atoms with Crippen molar-refractivity contribution in [3.63, 3.8) is 0 Å². The summed E-state index contributed by atoms with van der Waals surface area (Å²) in [5.74, 6) is 3.01. The first-order chi connectivity index (χ1) is 10.1. The Morgan fingerprint density at radius 2 is 1.82 bits per heavy atom. The fourth-order valence-corrected chi connectivity index (χ4v) is 5.59. The van der Waals surface area contributed by atoms with Crippen molar-refractivity contribution in [3.05, 3.63) is 0 Å². The van der Waals surface area contributed by atoms with Gasteiger partial charge in [0.1, 0.15) is 0 Å². The number of halogens is 1. The van der Waals surface area contributed by atoms with E-state index in [1.54, 1.807) is 7.05 Å². The molecular formula is C15H28IN3O2S. The maximum atomic E-state index is 11.5. The average Bonchev–Trinajstić information content (AvgIpc) is 3.15. The number of hydrogen-bond donors (Lipinski definition) is 2. The highest BCUT2D eigenvalue weighted by atomic mass is 127. The Morgan fingerprint density at radius 1 is 1.09 bits per heavy atom. The van der Waals surface area contributed by atoms with Crippen LogP contribution < -0.4 is 10.6 Å². The molecule has 7 heteroatoms. The summed E-state index contributed by atoms with van der Waals surface area (Å²) in [4.78, 5) is 4.26. The third-order valence-corrected chi connectivity index (χ3v) is 6.98. The molecule has 0 spiro atoms. The van der Waals surface area contributed by atoms with Gasteiger partial charge in [-0.05, 0) is 24.7 Å². The molecule has 3 fully saturated rings. The quantitative estimate of drug-likeness (QED) is 0.399. The van der Waals surface area contributed by atoms with Gasteiger partial charge in [0.15, 0.2) is 15.8 Å². The minimum Gasteiger partial charge on any atom is -0.353 e. The predicted octanol–water partition coefficient (Wildman–Crippen LogP) is 1.93. The highest BCUT2D eigenvalue weighted by molar-refractivity contribution is 14.0. The second kappa shape index (κ2) is 7.68. The van der Waals surface area contributed by atoms with Gasteiger partial charge in [-0.1, -0.05) is 32.1 Å². The van der Waals surface area contributed by atoms with Crippen LogP contribution in [0.2, 0.25) is 0 Å². The molecule has 22 heavy (non-hydrogen) atoms. The maximum absolute atomic E-state index is 11.5. The lowest BCUT2D eigenvalue weighted by Crippen LogP contribution is -2.45. The fraction of sp³-hybridized carbons (Fsp3) is 0.933. The maximum Gasteiger partial charge on any atom is 0.191 e. The summed E-state index contributed by atoms with van der Waals surface area (Å²) in [6, 6.07) is 0.561. The zero-order valence-corrected chi connectivity index (χ0v) is 16.4. The third-order valence-electron chi connectivity index (χ3n) is 5.21. The largest absolute Gasteiger partial charge is 0.353 e. The predicted molar refractivity (Wildman–Crippen MR) is 101 cm³/mol. The van der Waals surface area contributed by atoms with Gasteiger partial charge in [0.2, 0.25) is 0 Å². The number of rotatable bonds is 3. The van der Waals surface area contributed by atoms with Gasteiger partial charge in [0.05, 0.1) is 11.5 Å². The van der Waals surface area contributed by atoms with Crippen LogP contribution in [0, 0.1) is 11.8 Å². The van der Waals surface area contributed by atoms with Gasteiger partial charge in [-0.25, -0.2) is 8.42 Å². The average molecular weight is 441 g/mol. The van der Waals surface area contributed by atoms with Crippen LogP contribution in [0.3, 0.4) is 0 Å². The molecule has 0 radical (unpaired) electrons. The molecular weight excluding hydrogens is 413 g/mol. The van der Waals surface area contributed by atoms with Crippen LogP contribution in [0.5, 0.6) is 0 Å². The molecule has 1 aliphatic heterocycles. The Kier molecular flexibility index (Phi) is 6.39. The van der Waals surface area contributed by atoms with Crippen molar-refractivity contribution in [1.82, 2.24) is 10.6 Å². The summed E-state index contributed by atoms with van der Waals surface area (Å²) in [6.45, 7) is 0. The van der Waals surface area contributed by atoms with E-state index < -0.39 is 9.84 Å². The van der Waals surface area contributed by atoms with Crippen molar-refractivity contribution in [2.45, 2.75) is 57.0 Å². The number of aliphatic imine (C=N–C) groups is 1. The van der Waals surface area contributed by atoms with E-state index in [4.69, 9.17) is 0 Å². The van der Waals surface area contributed by atoms with E-state index in [9.17, 15) is 8.42 Å². The Morgan fingerprint density at radius 3 is 2.41 bits per heavy atom. The molecule has 0 aromatic carbocycles. The highest BCUT2D eigenvalue weighted by Crippen LogP contribution is 2.44. The third kappa shape index (κ3) is 4.72. The van der Waals surface area contributed by atoms with Gasteiger partial charge in [0, 0.05) is 19.1 Å². The molecule has 2 N–H and O–H groups in total. The topological polar surface area (TPSA) is 70.6 Å². The van der Waals surface area contributed by atoms with Gasteiger partial charge in [-0.3, -0.25) is 4.99 Å². The molecule has 3 rings (SSSR count). The standard InChI is InChI=1S/C15H27N3O2S.HI/c1-16-15(17-12-7-8-21(19,20)10-12)18-14-9-13(14)11-5-3-2-4-6-11;/h11-14H,2-10H2,1H3,(H2,16,17,18);1H. The van der Waals surface area contributed by atoms with Gasteiger partial charge in [0.25, 0.3) is 0 Å². The van der Waals surface area contributed by atoms with E-state index >= 15 is 0 Å². The van der Waals surface area contributed by atoms with Crippen LogP contribution in [0.4, 0.5) is 0 Å². The van der Waals surface area contributed by atoms with E-state index in [2.05, 4.69) is 15.6 Å². The Labute approximate surface area is 151 Å². The van der Waals surface area contributed by atoms with Gasteiger partial charge < -0.3 is 10.6 Å². The first kappa shape index (κ1) is 18.3. The van der Waals surface area contributed by atoms with Gasteiger partial charge in [-0.15, -0.1) is 24.0 Å². The lowest BCUT2D eigenvalue weighted by atomic mass is 9.85. The van der Waals surface area contributed by atoms with Crippen molar-refractivity contribution in [3.8, 4) is 0 Å². The summed E-state index contributed by atoms with van der Waals surface area (Å²) in [5.41, 5.74) is 0. The van der Waals surface area contributed by atoms with E-state index in [0.29, 0.717) is 18.2 Å². The molecule has 3 unspecified atom stereocenters. The van der Waals surface area contributed by atoms with Crippen molar-refractivity contribution in [2.75, 3.05) is 18.6 Å². The fourth-order valence-electron chi connectivity index (χ4n) is 3.91. The molecule has 128 valence electrons. The SMILES string of the molecule is CN=C(NC1CCS(=O)(=O)C1)NC1CC1C1CCCCC1.I. The van der Waals surface area contributed by atoms with Crippen LogP contribution in [0.15, 0.2) is 4.99 Å². The molecule has 3 atom stereocenters. The number of nitrogens with zero attached hydrogens (tertiary/aromatic N) is 1. The smallest absolute Gasteiger partial charge is 0.191 e. The summed E-state index contributed by atoms with van der Waals surface area (Å²) in [7, 11) is -1.07. The summed E-state index contributed by atoms with van der Waals surface area (Å²) >= 11 is 0. The number of sulfone groups is 1. The van der Waals surface area contributed by atoms with Crippen molar-refractivity contribution >= 4 is 39.8 Å². The van der Waals surface area contributed by atoms with Crippen molar-refractivity contribution in [2.24, 2.45) is 16.8 Å². The number of guanidine groups is 1. The molecule has 2 saturated carbocycles. The van der Waals surface area contributed by atoms with Crippen LogP contribution in [-0.2, 0) is 9.84 Å².